The zero-order chi connectivity index (χ0) is 14.9. The molecule has 0 saturated carbocycles. The van der Waals surface area contributed by atoms with Gasteiger partial charge < -0.3 is 14.2 Å². The van der Waals surface area contributed by atoms with E-state index in [1.165, 1.54) is 11.3 Å². The molecule has 4 nitrogen and oxygen atoms in total. The molecule has 0 bridgehead atoms. The van der Waals surface area contributed by atoms with Crippen molar-refractivity contribution in [3.8, 4) is 11.3 Å². The number of piperazine rings is 1. The van der Waals surface area contributed by atoms with E-state index in [1.54, 1.807) is 0 Å². The summed E-state index contributed by atoms with van der Waals surface area (Å²) in [7, 11) is 2.18. The maximum absolute atomic E-state index is 4.68. The SMILES string of the molecule is CN1CCN(c2ccc(-c3cn4ccccc4n3)cc2)CC1. The summed E-state index contributed by atoms with van der Waals surface area (Å²) < 4.78 is 2.06. The number of rotatable bonds is 2. The van der Waals surface area contributed by atoms with Gasteiger partial charge in [-0.15, -0.1) is 0 Å². The van der Waals surface area contributed by atoms with Crippen LogP contribution in [0.5, 0.6) is 0 Å². The number of anilines is 1. The monoisotopic (exact) mass is 292 g/mol. The smallest absolute Gasteiger partial charge is 0.137 e. The van der Waals surface area contributed by atoms with Crippen LogP contribution in [0.2, 0.25) is 0 Å². The van der Waals surface area contributed by atoms with Gasteiger partial charge in [0.25, 0.3) is 0 Å². The summed E-state index contributed by atoms with van der Waals surface area (Å²) in [4.78, 5) is 9.51. The third-order valence-electron chi connectivity index (χ3n) is 4.40. The van der Waals surface area contributed by atoms with E-state index in [2.05, 4.69) is 56.7 Å². The van der Waals surface area contributed by atoms with Gasteiger partial charge >= 0.3 is 0 Å². The third kappa shape index (κ3) is 2.46. The van der Waals surface area contributed by atoms with Crippen LogP contribution in [0.25, 0.3) is 16.9 Å². The molecule has 22 heavy (non-hydrogen) atoms. The van der Waals surface area contributed by atoms with Crippen LogP contribution in [0, 0.1) is 0 Å². The number of hydrogen-bond acceptors (Lipinski definition) is 3. The first kappa shape index (κ1) is 13.3. The van der Waals surface area contributed by atoms with Gasteiger partial charge in [-0.2, -0.15) is 0 Å². The molecule has 0 unspecified atom stereocenters. The number of hydrogen-bond donors (Lipinski definition) is 0. The predicted octanol–water partition coefficient (Wildman–Crippen LogP) is 2.75. The number of fused-ring (bicyclic) bond motifs is 1. The van der Waals surface area contributed by atoms with Crippen LogP contribution in [0.4, 0.5) is 5.69 Å². The second kappa shape index (κ2) is 5.46. The maximum atomic E-state index is 4.68. The van der Waals surface area contributed by atoms with Crippen LogP contribution in [-0.2, 0) is 0 Å². The molecule has 2 aromatic heterocycles. The average molecular weight is 292 g/mol. The van der Waals surface area contributed by atoms with Gasteiger partial charge in [0.15, 0.2) is 0 Å². The Morgan fingerprint density at radius 2 is 1.68 bits per heavy atom. The van der Waals surface area contributed by atoms with Crippen molar-refractivity contribution in [2.45, 2.75) is 0 Å². The number of pyridine rings is 1. The molecule has 0 N–H and O–H groups in total. The minimum absolute atomic E-state index is 0.987. The van der Waals surface area contributed by atoms with E-state index in [9.17, 15) is 0 Å². The lowest BCUT2D eigenvalue weighted by Gasteiger charge is -2.34. The summed E-state index contributed by atoms with van der Waals surface area (Å²) in [6, 6.07) is 14.8. The lowest BCUT2D eigenvalue weighted by atomic mass is 10.1. The molecule has 0 amide bonds. The standard InChI is InChI=1S/C18H20N4/c1-20-10-12-21(13-11-20)16-7-5-15(6-8-16)17-14-22-9-3-2-4-18(22)19-17/h2-9,14H,10-13H2,1H3. The molecular weight excluding hydrogens is 272 g/mol. The van der Waals surface area contributed by atoms with Crippen LogP contribution >= 0.6 is 0 Å². The highest BCUT2D eigenvalue weighted by molar-refractivity contribution is 5.65. The van der Waals surface area contributed by atoms with Crippen molar-refractivity contribution >= 4 is 11.3 Å². The quantitative estimate of drug-likeness (QED) is 0.726. The van der Waals surface area contributed by atoms with Crippen LogP contribution in [0.3, 0.4) is 0 Å². The highest BCUT2D eigenvalue weighted by atomic mass is 15.2. The van der Waals surface area contributed by atoms with E-state index in [0.29, 0.717) is 0 Å². The van der Waals surface area contributed by atoms with Gasteiger partial charge in [-0.1, -0.05) is 18.2 Å². The maximum Gasteiger partial charge on any atom is 0.137 e. The first-order valence-corrected chi connectivity index (χ1v) is 7.77. The van der Waals surface area contributed by atoms with Crippen molar-refractivity contribution < 1.29 is 0 Å². The van der Waals surface area contributed by atoms with Gasteiger partial charge in [0.2, 0.25) is 0 Å². The van der Waals surface area contributed by atoms with E-state index in [4.69, 9.17) is 0 Å². The van der Waals surface area contributed by atoms with Gasteiger partial charge in [0, 0.05) is 49.8 Å². The molecule has 0 atom stereocenters. The number of nitrogens with zero attached hydrogens (tertiary/aromatic N) is 4. The van der Waals surface area contributed by atoms with Crippen molar-refractivity contribution in [2.75, 3.05) is 38.1 Å². The molecule has 0 spiro atoms. The molecule has 112 valence electrons. The van der Waals surface area contributed by atoms with E-state index >= 15 is 0 Å². The lowest BCUT2D eigenvalue weighted by molar-refractivity contribution is 0.313. The molecule has 1 aliphatic rings. The fourth-order valence-corrected chi connectivity index (χ4v) is 2.98. The first-order chi connectivity index (χ1) is 10.8. The van der Waals surface area contributed by atoms with E-state index in [-0.39, 0.29) is 0 Å². The Kier molecular flexibility index (Phi) is 3.31. The highest BCUT2D eigenvalue weighted by Gasteiger charge is 2.14. The minimum Gasteiger partial charge on any atom is -0.369 e. The number of benzene rings is 1. The Morgan fingerprint density at radius 1 is 0.909 bits per heavy atom. The Hall–Kier alpha value is -2.33. The van der Waals surface area contributed by atoms with Gasteiger partial charge in [-0.3, -0.25) is 0 Å². The molecule has 0 aliphatic carbocycles. The zero-order valence-electron chi connectivity index (χ0n) is 12.8. The van der Waals surface area contributed by atoms with E-state index in [1.807, 2.05) is 24.4 Å². The van der Waals surface area contributed by atoms with E-state index in [0.717, 1.165) is 37.5 Å². The Balaban J connectivity index is 1.58. The van der Waals surface area contributed by atoms with Crippen LogP contribution in [0.15, 0.2) is 54.9 Å². The molecule has 3 heterocycles. The summed E-state index contributed by atoms with van der Waals surface area (Å²) in [5.41, 5.74) is 4.49. The largest absolute Gasteiger partial charge is 0.369 e. The van der Waals surface area contributed by atoms with Crippen molar-refractivity contribution in [1.82, 2.24) is 14.3 Å². The summed E-state index contributed by atoms with van der Waals surface area (Å²) in [5, 5.41) is 0. The van der Waals surface area contributed by atoms with Gasteiger partial charge in [-0.05, 0) is 31.3 Å². The Labute approximate surface area is 130 Å². The Morgan fingerprint density at radius 3 is 2.41 bits per heavy atom. The lowest BCUT2D eigenvalue weighted by Crippen LogP contribution is -2.44. The van der Waals surface area contributed by atoms with Crippen molar-refractivity contribution in [3.05, 3.63) is 54.9 Å². The summed E-state index contributed by atoms with van der Waals surface area (Å²) in [5.74, 6) is 0. The first-order valence-electron chi connectivity index (χ1n) is 7.77. The van der Waals surface area contributed by atoms with E-state index < -0.39 is 0 Å². The summed E-state index contributed by atoms with van der Waals surface area (Å²) in [6.07, 6.45) is 4.12. The molecule has 1 aliphatic heterocycles. The molecule has 3 aromatic rings. The molecule has 4 rings (SSSR count). The summed E-state index contributed by atoms with van der Waals surface area (Å²) >= 11 is 0. The fraction of sp³-hybridized carbons (Fsp3) is 0.278. The Bertz CT molecular complexity index is 734. The van der Waals surface area contributed by atoms with Gasteiger partial charge in [0.1, 0.15) is 5.65 Å². The van der Waals surface area contributed by atoms with Crippen molar-refractivity contribution in [3.63, 3.8) is 0 Å². The second-order valence-corrected chi connectivity index (χ2v) is 5.93. The number of likely N-dealkylation sites (N-methyl/N-ethyl adjacent to an activating group) is 1. The zero-order valence-corrected chi connectivity index (χ0v) is 12.8. The number of imidazole rings is 1. The second-order valence-electron chi connectivity index (χ2n) is 5.93. The van der Waals surface area contributed by atoms with Crippen LogP contribution in [0.1, 0.15) is 0 Å². The minimum atomic E-state index is 0.987. The van der Waals surface area contributed by atoms with Crippen molar-refractivity contribution in [1.29, 1.82) is 0 Å². The molecule has 1 fully saturated rings. The number of aromatic nitrogens is 2. The normalized spacial score (nSPS) is 16.3. The molecule has 4 heteroatoms. The molecule has 0 radical (unpaired) electrons. The molecule has 1 aromatic carbocycles. The molecule has 1 saturated heterocycles. The highest BCUT2D eigenvalue weighted by Crippen LogP contribution is 2.23. The molecular formula is C18H20N4. The fourth-order valence-electron chi connectivity index (χ4n) is 2.98. The third-order valence-corrected chi connectivity index (χ3v) is 4.40. The summed E-state index contributed by atoms with van der Waals surface area (Å²) in [6.45, 7) is 4.47. The predicted molar refractivity (Wildman–Crippen MR) is 90.3 cm³/mol. The van der Waals surface area contributed by atoms with Gasteiger partial charge in [-0.25, -0.2) is 4.98 Å². The van der Waals surface area contributed by atoms with Crippen molar-refractivity contribution in [2.24, 2.45) is 0 Å². The van der Waals surface area contributed by atoms with Gasteiger partial charge in [0.05, 0.1) is 5.69 Å². The average Bonchev–Trinajstić information content (AvgIpc) is 3.00. The topological polar surface area (TPSA) is 23.8 Å². The van der Waals surface area contributed by atoms with Crippen LogP contribution in [-0.4, -0.2) is 47.5 Å². The van der Waals surface area contributed by atoms with Crippen LogP contribution < -0.4 is 4.90 Å².